The summed E-state index contributed by atoms with van der Waals surface area (Å²) in [5, 5.41) is 17.0. The minimum Gasteiger partial charge on any atom is -0.478 e. The predicted molar refractivity (Wildman–Crippen MR) is 67.1 cm³/mol. The molecule has 0 saturated heterocycles. The summed E-state index contributed by atoms with van der Waals surface area (Å²) in [5.41, 5.74) is 0.888. The lowest BCUT2D eigenvalue weighted by Crippen LogP contribution is -2.24. The summed E-state index contributed by atoms with van der Waals surface area (Å²) in [6.07, 6.45) is 4.79. The summed E-state index contributed by atoms with van der Waals surface area (Å²) >= 11 is 0. The number of hydrogen-bond acceptors (Lipinski definition) is 6. The third-order valence-electron chi connectivity index (χ3n) is 2.71. The van der Waals surface area contributed by atoms with E-state index in [1.807, 2.05) is 0 Å². The van der Waals surface area contributed by atoms with Gasteiger partial charge in [-0.15, -0.1) is 10.2 Å². The normalized spacial score (nSPS) is 10.7. The Morgan fingerprint density at radius 2 is 2.35 bits per heavy atom. The molecule has 3 heterocycles. The van der Waals surface area contributed by atoms with Crippen LogP contribution in [0.25, 0.3) is 5.65 Å². The van der Waals surface area contributed by atoms with Gasteiger partial charge in [0.1, 0.15) is 5.69 Å². The molecule has 0 bridgehead atoms. The first kappa shape index (κ1) is 12.1. The minimum absolute atomic E-state index is 0.228. The molecule has 9 heteroatoms. The van der Waals surface area contributed by atoms with E-state index in [0.717, 1.165) is 0 Å². The highest BCUT2D eigenvalue weighted by molar-refractivity contribution is 5.91. The molecule has 0 unspecified atom stereocenters. The maximum absolute atomic E-state index is 11.8. The zero-order valence-electron chi connectivity index (χ0n) is 10.6. The van der Waals surface area contributed by atoms with Crippen molar-refractivity contribution < 1.29 is 9.53 Å². The lowest BCUT2D eigenvalue weighted by Gasteiger charge is -2.03. The molecule has 9 nitrogen and oxygen atoms in total. The number of rotatable bonds is 4. The molecule has 0 fully saturated rings. The van der Waals surface area contributed by atoms with E-state index >= 15 is 0 Å². The van der Waals surface area contributed by atoms with E-state index in [1.165, 1.54) is 13.3 Å². The fourth-order valence-corrected chi connectivity index (χ4v) is 1.75. The number of aromatic amines is 1. The van der Waals surface area contributed by atoms with E-state index in [2.05, 4.69) is 30.7 Å². The summed E-state index contributed by atoms with van der Waals surface area (Å²) in [5.74, 6) is 0.694. The monoisotopic (exact) mass is 273 g/mol. The fraction of sp³-hybridized carbons (Fsp3) is 0.182. The van der Waals surface area contributed by atoms with Gasteiger partial charge in [-0.3, -0.25) is 14.3 Å². The lowest BCUT2D eigenvalue weighted by atomic mass is 10.4. The molecular weight excluding hydrogens is 262 g/mol. The van der Waals surface area contributed by atoms with Gasteiger partial charge in [-0.2, -0.15) is 5.10 Å². The van der Waals surface area contributed by atoms with Crippen LogP contribution in [0.4, 0.5) is 0 Å². The topological polar surface area (TPSA) is 110 Å². The Labute approximate surface area is 113 Å². The number of aromatic nitrogens is 6. The number of methoxy groups -OCH3 is 1. The quantitative estimate of drug-likeness (QED) is 0.680. The average Bonchev–Trinajstić information content (AvgIpc) is 3.14. The second kappa shape index (κ2) is 4.96. The maximum atomic E-state index is 11.8. The molecule has 0 spiro atoms. The highest BCUT2D eigenvalue weighted by Crippen LogP contribution is 2.13. The van der Waals surface area contributed by atoms with Crippen molar-refractivity contribution in [3.05, 3.63) is 36.2 Å². The summed E-state index contributed by atoms with van der Waals surface area (Å²) in [6.45, 7) is 0.228. The number of hydrogen-bond donors (Lipinski definition) is 2. The largest absolute Gasteiger partial charge is 0.478 e. The summed E-state index contributed by atoms with van der Waals surface area (Å²) in [7, 11) is 1.51. The van der Waals surface area contributed by atoms with Gasteiger partial charge < -0.3 is 10.1 Å². The van der Waals surface area contributed by atoms with Gasteiger partial charge in [0.15, 0.2) is 5.82 Å². The summed E-state index contributed by atoms with van der Waals surface area (Å²) in [6, 6.07) is 1.59. The standard InChI is InChI=1S/C11H11N7O2/c1-20-11-9-17-16-8(18(9)5-4-12-11)6-13-10(19)7-2-3-14-15-7/h2-5H,6H2,1H3,(H,13,19)(H,14,15). The Balaban J connectivity index is 1.80. The minimum atomic E-state index is -0.264. The van der Waals surface area contributed by atoms with E-state index in [-0.39, 0.29) is 12.5 Å². The molecule has 2 N–H and O–H groups in total. The lowest BCUT2D eigenvalue weighted by molar-refractivity contribution is 0.0945. The summed E-state index contributed by atoms with van der Waals surface area (Å²) in [4.78, 5) is 15.8. The molecule has 3 aromatic heterocycles. The molecule has 3 rings (SSSR count). The maximum Gasteiger partial charge on any atom is 0.269 e. The average molecular weight is 273 g/mol. The first-order valence-corrected chi connectivity index (χ1v) is 5.80. The van der Waals surface area contributed by atoms with Crippen molar-refractivity contribution in [2.24, 2.45) is 0 Å². The molecule has 0 aromatic carbocycles. The van der Waals surface area contributed by atoms with Gasteiger partial charge in [0.25, 0.3) is 11.8 Å². The second-order valence-corrected chi connectivity index (χ2v) is 3.90. The Bertz CT molecular complexity index is 734. The van der Waals surface area contributed by atoms with Crippen LogP contribution < -0.4 is 10.1 Å². The molecule has 0 aliphatic rings. The predicted octanol–water partition coefficient (Wildman–Crippen LogP) is -0.214. The first-order valence-electron chi connectivity index (χ1n) is 5.80. The van der Waals surface area contributed by atoms with Gasteiger partial charge in [-0.05, 0) is 6.07 Å². The first-order chi connectivity index (χ1) is 9.79. The van der Waals surface area contributed by atoms with Crippen LogP contribution in [0.15, 0.2) is 24.7 Å². The van der Waals surface area contributed by atoms with Crippen LogP contribution >= 0.6 is 0 Å². The number of H-pyrrole nitrogens is 1. The number of ether oxygens (including phenoxy) is 1. The summed E-state index contributed by atoms with van der Waals surface area (Å²) < 4.78 is 6.80. The van der Waals surface area contributed by atoms with Gasteiger partial charge >= 0.3 is 0 Å². The van der Waals surface area contributed by atoms with E-state index in [0.29, 0.717) is 23.0 Å². The van der Waals surface area contributed by atoms with Gasteiger partial charge in [0, 0.05) is 18.6 Å². The zero-order valence-corrected chi connectivity index (χ0v) is 10.6. The Hall–Kier alpha value is -2.97. The van der Waals surface area contributed by atoms with Crippen LogP contribution in [-0.4, -0.2) is 42.8 Å². The number of carbonyl (C=O) groups is 1. The molecule has 0 atom stereocenters. The van der Waals surface area contributed by atoms with Gasteiger partial charge in [-0.1, -0.05) is 0 Å². The molecule has 20 heavy (non-hydrogen) atoms. The Kier molecular flexibility index (Phi) is 2.99. The van der Waals surface area contributed by atoms with E-state index in [1.54, 1.807) is 22.9 Å². The van der Waals surface area contributed by atoms with Crippen molar-refractivity contribution in [3.8, 4) is 5.88 Å². The third-order valence-corrected chi connectivity index (χ3v) is 2.71. The van der Waals surface area contributed by atoms with Crippen molar-refractivity contribution in [2.75, 3.05) is 7.11 Å². The molecule has 0 radical (unpaired) electrons. The van der Waals surface area contributed by atoms with Crippen LogP contribution in [0.3, 0.4) is 0 Å². The number of amides is 1. The second-order valence-electron chi connectivity index (χ2n) is 3.90. The smallest absolute Gasteiger partial charge is 0.269 e. The SMILES string of the molecule is COc1nccn2c(CNC(=O)c3ccn[nH]3)nnc12. The van der Waals surface area contributed by atoms with Crippen LogP contribution in [0.1, 0.15) is 16.3 Å². The Morgan fingerprint density at radius 1 is 1.45 bits per heavy atom. The van der Waals surface area contributed by atoms with Crippen LogP contribution in [0.5, 0.6) is 5.88 Å². The molecule has 102 valence electrons. The number of carbonyl (C=O) groups excluding carboxylic acids is 1. The van der Waals surface area contributed by atoms with Crippen molar-refractivity contribution in [3.63, 3.8) is 0 Å². The highest BCUT2D eigenvalue weighted by atomic mass is 16.5. The van der Waals surface area contributed by atoms with Crippen molar-refractivity contribution in [2.45, 2.75) is 6.54 Å². The van der Waals surface area contributed by atoms with E-state index < -0.39 is 0 Å². The fourth-order valence-electron chi connectivity index (χ4n) is 1.75. The van der Waals surface area contributed by atoms with Crippen molar-refractivity contribution in [1.82, 2.24) is 35.1 Å². The van der Waals surface area contributed by atoms with Crippen LogP contribution in [-0.2, 0) is 6.54 Å². The molecule has 0 aliphatic carbocycles. The molecule has 3 aromatic rings. The van der Waals surface area contributed by atoms with Crippen LogP contribution in [0, 0.1) is 0 Å². The van der Waals surface area contributed by atoms with Gasteiger partial charge in [0.05, 0.1) is 13.7 Å². The van der Waals surface area contributed by atoms with E-state index in [4.69, 9.17) is 4.74 Å². The third kappa shape index (κ3) is 2.05. The van der Waals surface area contributed by atoms with Gasteiger partial charge in [0.2, 0.25) is 5.65 Å². The van der Waals surface area contributed by atoms with E-state index in [9.17, 15) is 4.79 Å². The number of fused-ring (bicyclic) bond motifs is 1. The number of nitrogens with zero attached hydrogens (tertiary/aromatic N) is 5. The van der Waals surface area contributed by atoms with Crippen molar-refractivity contribution >= 4 is 11.6 Å². The van der Waals surface area contributed by atoms with Gasteiger partial charge in [-0.25, -0.2) is 4.98 Å². The Morgan fingerprint density at radius 3 is 3.10 bits per heavy atom. The molecule has 0 saturated carbocycles. The molecular formula is C11H11N7O2. The van der Waals surface area contributed by atoms with Crippen molar-refractivity contribution in [1.29, 1.82) is 0 Å². The number of nitrogens with one attached hydrogen (secondary N) is 2. The van der Waals surface area contributed by atoms with Crippen LogP contribution in [0.2, 0.25) is 0 Å². The molecule has 1 amide bonds. The zero-order chi connectivity index (χ0) is 13.9. The highest BCUT2D eigenvalue weighted by Gasteiger charge is 2.12. The molecule has 0 aliphatic heterocycles.